The van der Waals surface area contributed by atoms with Gasteiger partial charge in [0, 0.05) is 11.8 Å². The maximum atomic E-state index is 5.36. The van der Waals surface area contributed by atoms with Gasteiger partial charge < -0.3 is 10.1 Å². The molecule has 3 rings (SSSR count). The lowest BCUT2D eigenvalue weighted by molar-refractivity contribution is 0.414. The molecule has 0 bridgehead atoms. The van der Waals surface area contributed by atoms with E-state index in [4.69, 9.17) is 4.74 Å². The second-order valence-electron chi connectivity index (χ2n) is 5.19. The Kier molecular flexibility index (Phi) is 3.92. The van der Waals surface area contributed by atoms with Crippen LogP contribution in [0, 0.1) is 6.92 Å². The molecule has 0 aliphatic carbocycles. The molecule has 0 fully saturated rings. The molecule has 1 aromatic heterocycles. The first-order chi connectivity index (χ1) is 10.7. The summed E-state index contributed by atoms with van der Waals surface area (Å²) in [5.74, 6) is 1.61. The lowest BCUT2D eigenvalue weighted by atomic mass is 10.1. The van der Waals surface area contributed by atoms with Gasteiger partial charge in [0.15, 0.2) is 5.82 Å². The van der Waals surface area contributed by atoms with Gasteiger partial charge in [-0.15, -0.1) is 0 Å². The Labute approximate surface area is 130 Å². The van der Waals surface area contributed by atoms with Crippen LogP contribution in [0.2, 0.25) is 0 Å². The van der Waals surface area contributed by atoms with Crippen molar-refractivity contribution in [3.8, 4) is 5.75 Å². The van der Waals surface area contributed by atoms with Crippen molar-refractivity contribution >= 4 is 22.5 Å². The number of benzene rings is 2. The summed E-state index contributed by atoms with van der Waals surface area (Å²) in [4.78, 5) is 9.27. The smallest absolute Gasteiger partial charge is 0.152 e. The molecule has 0 saturated carbocycles. The van der Waals surface area contributed by atoms with Crippen molar-refractivity contribution in [3.63, 3.8) is 0 Å². The van der Waals surface area contributed by atoms with Gasteiger partial charge in [0.05, 0.1) is 23.8 Å². The molecule has 3 aromatic rings. The Balaban J connectivity index is 2.00. The number of nitrogens with one attached hydrogen (secondary N) is 1. The Bertz CT molecular complexity index is 792. The van der Waals surface area contributed by atoms with Crippen LogP contribution >= 0.6 is 0 Å². The van der Waals surface area contributed by atoms with Gasteiger partial charge in [0.1, 0.15) is 5.75 Å². The second kappa shape index (κ2) is 6.02. The standard InChI is InChI=1S/C18H19N3O/c1-4-13-9-14(11-15(10-13)22-3)20-18-12(2)19-16-7-5-6-8-17(16)21-18/h5-11H,4H2,1-3H3,(H,20,21). The third-order valence-corrected chi connectivity index (χ3v) is 3.62. The molecule has 112 valence electrons. The molecule has 0 atom stereocenters. The van der Waals surface area contributed by atoms with Crippen LogP contribution < -0.4 is 10.1 Å². The highest BCUT2D eigenvalue weighted by atomic mass is 16.5. The van der Waals surface area contributed by atoms with E-state index in [2.05, 4.69) is 28.3 Å². The van der Waals surface area contributed by atoms with Gasteiger partial charge in [-0.1, -0.05) is 19.1 Å². The summed E-state index contributed by atoms with van der Waals surface area (Å²) >= 11 is 0. The first-order valence-electron chi connectivity index (χ1n) is 7.38. The quantitative estimate of drug-likeness (QED) is 0.781. The predicted molar refractivity (Wildman–Crippen MR) is 89.9 cm³/mol. The third-order valence-electron chi connectivity index (χ3n) is 3.62. The summed E-state index contributed by atoms with van der Waals surface area (Å²) in [6, 6.07) is 14.0. The van der Waals surface area contributed by atoms with Gasteiger partial charge in [0.2, 0.25) is 0 Å². The van der Waals surface area contributed by atoms with Crippen LogP contribution in [0.25, 0.3) is 11.0 Å². The fourth-order valence-corrected chi connectivity index (χ4v) is 2.40. The van der Waals surface area contributed by atoms with Crippen molar-refractivity contribution in [3.05, 3.63) is 53.7 Å². The molecule has 4 nitrogen and oxygen atoms in total. The van der Waals surface area contributed by atoms with Crippen molar-refractivity contribution < 1.29 is 4.74 Å². The summed E-state index contributed by atoms with van der Waals surface area (Å²) in [6.45, 7) is 4.09. The monoisotopic (exact) mass is 293 g/mol. The van der Waals surface area contributed by atoms with Crippen LogP contribution in [0.1, 0.15) is 18.2 Å². The van der Waals surface area contributed by atoms with E-state index in [1.807, 2.05) is 43.3 Å². The molecule has 0 unspecified atom stereocenters. The van der Waals surface area contributed by atoms with Gasteiger partial charge in [-0.25, -0.2) is 9.97 Å². The van der Waals surface area contributed by atoms with Crippen LogP contribution in [0.4, 0.5) is 11.5 Å². The van der Waals surface area contributed by atoms with E-state index < -0.39 is 0 Å². The zero-order chi connectivity index (χ0) is 15.5. The molecule has 0 aliphatic rings. The number of aryl methyl sites for hydroxylation is 2. The van der Waals surface area contributed by atoms with Crippen molar-refractivity contribution in [2.24, 2.45) is 0 Å². The fourth-order valence-electron chi connectivity index (χ4n) is 2.40. The number of para-hydroxylation sites is 2. The van der Waals surface area contributed by atoms with Crippen LogP contribution in [-0.4, -0.2) is 17.1 Å². The van der Waals surface area contributed by atoms with Crippen LogP contribution in [0.5, 0.6) is 5.75 Å². The topological polar surface area (TPSA) is 47.0 Å². The van der Waals surface area contributed by atoms with Crippen molar-refractivity contribution in [2.45, 2.75) is 20.3 Å². The average Bonchev–Trinajstić information content (AvgIpc) is 2.55. The Morgan fingerprint density at radius 3 is 2.45 bits per heavy atom. The molecule has 0 spiro atoms. The predicted octanol–water partition coefficient (Wildman–Crippen LogP) is 4.25. The number of aromatic nitrogens is 2. The molecule has 0 amide bonds. The minimum Gasteiger partial charge on any atom is -0.497 e. The number of methoxy groups -OCH3 is 1. The van der Waals surface area contributed by atoms with E-state index in [-0.39, 0.29) is 0 Å². The lowest BCUT2D eigenvalue weighted by Gasteiger charge is -2.12. The first-order valence-corrected chi connectivity index (χ1v) is 7.38. The molecule has 1 heterocycles. The van der Waals surface area contributed by atoms with Crippen LogP contribution in [-0.2, 0) is 6.42 Å². The second-order valence-corrected chi connectivity index (χ2v) is 5.19. The zero-order valence-electron chi connectivity index (χ0n) is 13.1. The summed E-state index contributed by atoms with van der Waals surface area (Å²) in [6.07, 6.45) is 0.953. The Hall–Kier alpha value is -2.62. The molecule has 22 heavy (non-hydrogen) atoms. The Morgan fingerprint density at radius 1 is 1.05 bits per heavy atom. The van der Waals surface area contributed by atoms with Gasteiger partial charge in [-0.2, -0.15) is 0 Å². The Morgan fingerprint density at radius 2 is 1.77 bits per heavy atom. The first kappa shape index (κ1) is 14.3. The number of ether oxygens (including phenoxy) is 1. The van der Waals surface area contributed by atoms with E-state index in [9.17, 15) is 0 Å². The lowest BCUT2D eigenvalue weighted by Crippen LogP contribution is -2.00. The number of fused-ring (bicyclic) bond motifs is 1. The minimum absolute atomic E-state index is 0.772. The van der Waals surface area contributed by atoms with E-state index in [0.717, 1.165) is 40.4 Å². The van der Waals surface area contributed by atoms with E-state index in [1.165, 1.54) is 5.56 Å². The molecule has 4 heteroatoms. The molecular formula is C18H19N3O. The molecule has 0 radical (unpaired) electrons. The van der Waals surface area contributed by atoms with E-state index >= 15 is 0 Å². The van der Waals surface area contributed by atoms with Crippen molar-refractivity contribution in [1.82, 2.24) is 9.97 Å². The summed E-state index contributed by atoms with van der Waals surface area (Å²) in [5.41, 5.74) is 4.84. The van der Waals surface area contributed by atoms with Gasteiger partial charge in [-0.05, 0) is 43.2 Å². The highest BCUT2D eigenvalue weighted by Gasteiger charge is 2.07. The molecule has 0 saturated heterocycles. The number of rotatable bonds is 4. The number of nitrogens with zero attached hydrogens (tertiary/aromatic N) is 2. The van der Waals surface area contributed by atoms with Crippen molar-refractivity contribution in [1.29, 1.82) is 0 Å². The highest BCUT2D eigenvalue weighted by Crippen LogP contribution is 2.25. The van der Waals surface area contributed by atoms with Crippen LogP contribution in [0.15, 0.2) is 42.5 Å². The largest absolute Gasteiger partial charge is 0.497 e. The van der Waals surface area contributed by atoms with Gasteiger partial charge in [-0.3, -0.25) is 0 Å². The molecule has 0 aliphatic heterocycles. The number of hydrogen-bond acceptors (Lipinski definition) is 4. The zero-order valence-corrected chi connectivity index (χ0v) is 13.1. The SMILES string of the molecule is CCc1cc(Nc2nc3ccccc3nc2C)cc(OC)c1. The van der Waals surface area contributed by atoms with Gasteiger partial charge >= 0.3 is 0 Å². The fraction of sp³-hybridized carbons (Fsp3) is 0.222. The number of hydrogen-bond donors (Lipinski definition) is 1. The van der Waals surface area contributed by atoms with Crippen LogP contribution in [0.3, 0.4) is 0 Å². The normalized spacial score (nSPS) is 10.7. The maximum absolute atomic E-state index is 5.36. The highest BCUT2D eigenvalue weighted by molar-refractivity contribution is 5.77. The maximum Gasteiger partial charge on any atom is 0.152 e. The van der Waals surface area contributed by atoms with E-state index in [1.54, 1.807) is 7.11 Å². The third kappa shape index (κ3) is 2.86. The summed E-state index contributed by atoms with van der Waals surface area (Å²) in [5, 5.41) is 3.36. The van der Waals surface area contributed by atoms with E-state index in [0.29, 0.717) is 0 Å². The molecular weight excluding hydrogens is 274 g/mol. The summed E-state index contributed by atoms with van der Waals surface area (Å²) in [7, 11) is 1.68. The van der Waals surface area contributed by atoms with Gasteiger partial charge in [0.25, 0.3) is 0 Å². The summed E-state index contributed by atoms with van der Waals surface area (Å²) < 4.78 is 5.36. The minimum atomic E-state index is 0.772. The molecule has 1 N–H and O–H groups in total. The average molecular weight is 293 g/mol. The number of anilines is 2. The van der Waals surface area contributed by atoms with Crippen molar-refractivity contribution in [2.75, 3.05) is 12.4 Å². The molecule has 2 aromatic carbocycles.